The summed E-state index contributed by atoms with van der Waals surface area (Å²) in [7, 11) is 0. The zero-order valence-corrected chi connectivity index (χ0v) is 12.9. The molecule has 3 aromatic rings. The Hall–Kier alpha value is -2.53. The van der Waals surface area contributed by atoms with E-state index in [9.17, 15) is 9.50 Å². The average Bonchev–Trinajstić information content (AvgIpc) is 3.17. The van der Waals surface area contributed by atoms with Crippen molar-refractivity contribution >= 4 is 0 Å². The van der Waals surface area contributed by atoms with E-state index >= 15 is 0 Å². The van der Waals surface area contributed by atoms with Gasteiger partial charge in [0.05, 0.1) is 30.4 Å². The standard InChI is InChI=1S/C19H16FN3O/c20-12-2-4-13-15(7-12)17-9-22-10-23(17)18(13)14-3-1-11-5-6-21-8-16(11)19(14)24/h2,4-10,14,18-19,24H,1,3H2/t14-,18+,19-/m1/s1. The fourth-order valence-electron chi connectivity index (χ4n) is 4.30. The van der Waals surface area contributed by atoms with E-state index in [4.69, 9.17) is 0 Å². The van der Waals surface area contributed by atoms with Crippen molar-refractivity contribution in [3.05, 3.63) is 71.7 Å². The third-order valence-corrected chi connectivity index (χ3v) is 5.40. The smallest absolute Gasteiger partial charge is 0.123 e. The van der Waals surface area contributed by atoms with Gasteiger partial charge in [-0.25, -0.2) is 9.37 Å². The number of fused-ring (bicyclic) bond motifs is 4. The molecule has 120 valence electrons. The number of aliphatic hydroxyl groups excluding tert-OH is 1. The van der Waals surface area contributed by atoms with Crippen LogP contribution < -0.4 is 0 Å². The van der Waals surface area contributed by atoms with Crippen LogP contribution in [-0.2, 0) is 6.42 Å². The molecule has 3 atom stereocenters. The quantitative estimate of drug-likeness (QED) is 0.748. The van der Waals surface area contributed by atoms with Crippen LogP contribution in [0.3, 0.4) is 0 Å². The molecular formula is C19H16FN3O. The molecule has 0 fully saturated rings. The molecule has 2 aromatic heterocycles. The second kappa shape index (κ2) is 4.98. The molecule has 1 aliphatic heterocycles. The third kappa shape index (κ3) is 1.82. The highest BCUT2D eigenvalue weighted by atomic mass is 19.1. The first-order chi connectivity index (χ1) is 11.7. The van der Waals surface area contributed by atoms with Crippen molar-refractivity contribution in [3.8, 4) is 11.3 Å². The number of pyridine rings is 1. The van der Waals surface area contributed by atoms with Gasteiger partial charge in [-0.3, -0.25) is 4.98 Å². The van der Waals surface area contributed by atoms with Gasteiger partial charge in [0.25, 0.3) is 0 Å². The topological polar surface area (TPSA) is 50.9 Å². The van der Waals surface area contributed by atoms with Crippen molar-refractivity contribution in [2.45, 2.75) is 25.0 Å². The Morgan fingerprint density at radius 1 is 1.12 bits per heavy atom. The first-order valence-corrected chi connectivity index (χ1v) is 8.16. The second-order valence-electron chi connectivity index (χ2n) is 6.58. The highest BCUT2D eigenvalue weighted by molar-refractivity contribution is 5.69. The van der Waals surface area contributed by atoms with Crippen LogP contribution >= 0.6 is 0 Å². The van der Waals surface area contributed by atoms with Gasteiger partial charge in [0.2, 0.25) is 0 Å². The Balaban J connectivity index is 1.64. The van der Waals surface area contributed by atoms with E-state index in [2.05, 4.69) is 14.5 Å². The molecule has 3 heterocycles. The first-order valence-electron chi connectivity index (χ1n) is 8.16. The fraction of sp³-hybridized carbons (Fsp3) is 0.263. The van der Waals surface area contributed by atoms with Gasteiger partial charge in [-0.05, 0) is 42.2 Å². The molecule has 0 bridgehead atoms. The molecule has 1 aromatic carbocycles. The van der Waals surface area contributed by atoms with Gasteiger partial charge in [0.1, 0.15) is 5.82 Å². The highest BCUT2D eigenvalue weighted by Gasteiger charge is 2.40. The molecule has 5 heteroatoms. The number of halogens is 1. The van der Waals surface area contributed by atoms with E-state index in [1.807, 2.05) is 12.1 Å². The Kier molecular flexibility index (Phi) is 2.88. The van der Waals surface area contributed by atoms with E-state index in [1.54, 1.807) is 31.0 Å². The first kappa shape index (κ1) is 13.9. The van der Waals surface area contributed by atoms with Crippen LogP contribution in [0.2, 0.25) is 0 Å². The highest BCUT2D eigenvalue weighted by Crippen LogP contribution is 2.49. The summed E-state index contributed by atoms with van der Waals surface area (Å²) in [6, 6.07) is 6.86. The van der Waals surface area contributed by atoms with Gasteiger partial charge >= 0.3 is 0 Å². The molecule has 1 aliphatic carbocycles. The van der Waals surface area contributed by atoms with Gasteiger partial charge < -0.3 is 9.67 Å². The van der Waals surface area contributed by atoms with Gasteiger partial charge in [-0.2, -0.15) is 0 Å². The minimum Gasteiger partial charge on any atom is -0.388 e. The molecule has 1 N–H and O–H groups in total. The van der Waals surface area contributed by atoms with Crippen LogP contribution in [0.25, 0.3) is 11.3 Å². The predicted molar refractivity (Wildman–Crippen MR) is 86.8 cm³/mol. The van der Waals surface area contributed by atoms with Crippen molar-refractivity contribution < 1.29 is 9.50 Å². The van der Waals surface area contributed by atoms with Gasteiger partial charge in [0, 0.05) is 29.4 Å². The van der Waals surface area contributed by atoms with Crippen LogP contribution in [0, 0.1) is 11.7 Å². The summed E-state index contributed by atoms with van der Waals surface area (Å²) >= 11 is 0. The van der Waals surface area contributed by atoms with E-state index in [1.165, 1.54) is 6.07 Å². The summed E-state index contributed by atoms with van der Waals surface area (Å²) in [5, 5.41) is 11.0. The van der Waals surface area contributed by atoms with Crippen molar-refractivity contribution in [2.75, 3.05) is 0 Å². The molecular weight excluding hydrogens is 305 g/mol. The largest absolute Gasteiger partial charge is 0.388 e. The Morgan fingerprint density at radius 2 is 2.04 bits per heavy atom. The lowest BCUT2D eigenvalue weighted by molar-refractivity contribution is 0.0716. The molecule has 0 saturated heterocycles. The number of rotatable bonds is 1. The molecule has 4 nitrogen and oxygen atoms in total. The molecule has 0 radical (unpaired) electrons. The second-order valence-corrected chi connectivity index (χ2v) is 6.58. The monoisotopic (exact) mass is 321 g/mol. The number of hydrogen-bond donors (Lipinski definition) is 1. The van der Waals surface area contributed by atoms with Gasteiger partial charge in [0.15, 0.2) is 0 Å². The van der Waals surface area contributed by atoms with E-state index in [-0.39, 0.29) is 17.8 Å². The number of imidazole rings is 1. The Morgan fingerprint density at radius 3 is 2.96 bits per heavy atom. The minimum absolute atomic E-state index is 0.0151. The Bertz CT molecular complexity index is 936. The van der Waals surface area contributed by atoms with Gasteiger partial charge in [-0.15, -0.1) is 0 Å². The molecule has 5 rings (SSSR count). The summed E-state index contributed by atoms with van der Waals surface area (Å²) in [6.07, 6.45) is 8.29. The lowest BCUT2D eigenvalue weighted by Crippen LogP contribution is -2.28. The van der Waals surface area contributed by atoms with E-state index in [0.29, 0.717) is 0 Å². The number of hydrogen-bond acceptors (Lipinski definition) is 3. The molecule has 2 aliphatic rings. The SMILES string of the molecule is O[C@H]1c2cnccc2CC[C@@H]1[C@@H]1c2ccc(F)cc2-c2cncn21. The van der Waals surface area contributed by atoms with Crippen molar-refractivity contribution in [1.29, 1.82) is 0 Å². The molecule has 0 spiro atoms. The van der Waals surface area contributed by atoms with Crippen LogP contribution in [0.5, 0.6) is 0 Å². The van der Waals surface area contributed by atoms with Crippen LogP contribution in [0.4, 0.5) is 4.39 Å². The van der Waals surface area contributed by atoms with Gasteiger partial charge in [-0.1, -0.05) is 6.07 Å². The predicted octanol–water partition coefficient (Wildman–Crippen LogP) is 3.28. The summed E-state index contributed by atoms with van der Waals surface area (Å²) in [5.41, 5.74) is 4.92. The molecule has 0 saturated carbocycles. The van der Waals surface area contributed by atoms with E-state index < -0.39 is 6.10 Å². The van der Waals surface area contributed by atoms with Crippen molar-refractivity contribution in [1.82, 2.24) is 14.5 Å². The van der Waals surface area contributed by atoms with Crippen molar-refractivity contribution in [2.24, 2.45) is 5.92 Å². The lowest BCUT2D eigenvalue weighted by Gasteiger charge is -2.35. The molecule has 0 unspecified atom stereocenters. The maximum absolute atomic E-state index is 13.7. The average molecular weight is 321 g/mol. The zero-order valence-electron chi connectivity index (χ0n) is 12.9. The lowest BCUT2D eigenvalue weighted by atomic mass is 9.76. The number of benzene rings is 1. The minimum atomic E-state index is -0.585. The maximum atomic E-state index is 13.7. The summed E-state index contributed by atoms with van der Waals surface area (Å²) in [4.78, 5) is 8.40. The number of aromatic nitrogens is 3. The van der Waals surface area contributed by atoms with Crippen LogP contribution in [-0.4, -0.2) is 19.6 Å². The molecule has 0 amide bonds. The van der Waals surface area contributed by atoms with E-state index in [0.717, 1.165) is 40.8 Å². The summed E-state index contributed by atoms with van der Waals surface area (Å²) in [6.45, 7) is 0. The fourth-order valence-corrected chi connectivity index (χ4v) is 4.30. The zero-order chi connectivity index (χ0) is 16.3. The molecule has 24 heavy (non-hydrogen) atoms. The van der Waals surface area contributed by atoms with Crippen LogP contribution in [0.15, 0.2) is 49.2 Å². The number of nitrogens with zero attached hydrogens (tertiary/aromatic N) is 3. The number of aryl methyl sites for hydroxylation is 1. The van der Waals surface area contributed by atoms with Crippen molar-refractivity contribution in [3.63, 3.8) is 0 Å². The summed E-state index contributed by atoms with van der Waals surface area (Å²) < 4.78 is 15.8. The normalized spacial score (nSPS) is 24.3. The van der Waals surface area contributed by atoms with Crippen LogP contribution in [0.1, 0.15) is 35.3 Å². The maximum Gasteiger partial charge on any atom is 0.123 e. The summed E-state index contributed by atoms with van der Waals surface area (Å²) in [5.74, 6) is -0.234. The third-order valence-electron chi connectivity index (χ3n) is 5.40. The number of aliphatic hydroxyl groups is 1. The Labute approximate surface area is 138 Å².